The number of carbonyl (C=O) groups excluding carboxylic acids is 3. The van der Waals surface area contributed by atoms with Crippen LogP contribution in [0.4, 0.5) is 4.39 Å². The van der Waals surface area contributed by atoms with Crippen LogP contribution in [0.15, 0.2) is 18.2 Å². The monoisotopic (exact) mass is 265 g/mol. The van der Waals surface area contributed by atoms with Gasteiger partial charge in [-0.3, -0.25) is 19.7 Å². The standard InChI is InChI=1S/C12H12FN3O3/c1-2-8-11(18)15-10(17)6-16(8)12(19)7-4-3-5-9(13)14-7/h3-5,8H,2,6H2,1H3,(H,15,17,18). The Morgan fingerprint density at radius 1 is 1.53 bits per heavy atom. The van der Waals surface area contributed by atoms with Crippen LogP contribution in [0.2, 0.25) is 0 Å². The maximum Gasteiger partial charge on any atom is 0.273 e. The van der Waals surface area contributed by atoms with E-state index in [0.29, 0.717) is 6.42 Å². The molecule has 2 heterocycles. The van der Waals surface area contributed by atoms with Crippen LogP contribution >= 0.6 is 0 Å². The first-order valence-electron chi connectivity index (χ1n) is 5.80. The number of piperazine rings is 1. The molecule has 19 heavy (non-hydrogen) atoms. The molecule has 1 aliphatic heterocycles. The quantitative estimate of drug-likeness (QED) is 0.607. The smallest absolute Gasteiger partial charge is 0.273 e. The van der Waals surface area contributed by atoms with Gasteiger partial charge in [0.15, 0.2) is 0 Å². The molecule has 1 N–H and O–H groups in total. The summed E-state index contributed by atoms with van der Waals surface area (Å²) in [6.07, 6.45) is 0.361. The van der Waals surface area contributed by atoms with E-state index < -0.39 is 29.7 Å². The molecule has 0 spiro atoms. The second-order valence-electron chi connectivity index (χ2n) is 4.12. The van der Waals surface area contributed by atoms with Gasteiger partial charge in [-0.15, -0.1) is 0 Å². The second kappa shape index (κ2) is 5.13. The predicted molar refractivity (Wildman–Crippen MR) is 62.5 cm³/mol. The summed E-state index contributed by atoms with van der Waals surface area (Å²) in [4.78, 5) is 39.7. The van der Waals surface area contributed by atoms with E-state index in [-0.39, 0.29) is 12.2 Å². The summed E-state index contributed by atoms with van der Waals surface area (Å²) in [5, 5.41) is 2.16. The van der Waals surface area contributed by atoms with E-state index in [9.17, 15) is 18.8 Å². The molecule has 1 aromatic rings. The second-order valence-corrected chi connectivity index (χ2v) is 4.12. The summed E-state index contributed by atoms with van der Waals surface area (Å²) in [5.74, 6) is -2.50. The molecule has 1 unspecified atom stereocenters. The third-order valence-electron chi connectivity index (χ3n) is 2.84. The lowest BCUT2D eigenvalue weighted by molar-refractivity contribution is -0.138. The van der Waals surface area contributed by atoms with Crippen molar-refractivity contribution in [3.63, 3.8) is 0 Å². The Bertz CT molecular complexity index is 547. The van der Waals surface area contributed by atoms with Crippen LogP contribution in [-0.4, -0.2) is 40.2 Å². The zero-order valence-electron chi connectivity index (χ0n) is 10.2. The molecule has 0 aromatic carbocycles. The van der Waals surface area contributed by atoms with Crippen molar-refractivity contribution in [2.75, 3.05) is 6.54 Å². The highest BCUT2D eigenvalue weighted by molar-refractivity contribution is 6.06. The molecule has 1 aromatic heterocycles. The highest BCUT2D eigenvalue weighted by Crippen LogP contribution is 2.13. The van der Waals surface area contributed by atoms with Crippen LogP contribution in [0.3, 0.4) is 0 Å². The summed E-state index contributed by atoms with van der Waals surface area (Å²) >= 11 is 0. The van der Waals surface area contributed by atoms with E-state index >= 15 is 0 Å². The molecular weight excluding hydrogens is 253 g/mol. The van der Waals surface area contributed by atoms with E-state index in [1.807, 2.05) is 0 Å². The number of carbonyl (C=O) groups is 3. The van der Waals surface area contributed by atoms with Gasteiger partial charge in [0, 0.05) is 0 Å². The summed E-state index contributed by atoms with van der Waals surface area (Å²) in [5.41, 5.74) is -0.124. The molecule has 0 aliphatic carbocycles. The molecule has 0 radical (unpaired) electrons. The maximum atomic E-state index is 13.0. The molecule has 1 saturated heterocycles. The molecule has 3 amide bonds. The van der Waals surface area contributed by atoms with Gasteiger partial charge in [-0.25, -0.2) is 4.98 Å². The van der Waals surface area contributed by atoms with E-state index in [2.05, 4.69) is 10.3 Å². The number of halogens is 1. The van der Waals surface area contributed by atoms with Crippen LogP contribution in [0.25, 0.3) is 0 Å². The maximum absolute atomic E-state index is 13.0. The van der Waals surface area contributed by atoms with Gasteiger partial charge < -0.3 is 4.90 Å². The van der Waals surface area contributed by atoms with Crippen molar-refractivity contribution in [2.24, 2.45) is 0 Å². The van der Waals surface area contributed by atoms with Crippen molar-refractivity contribution in [1.29, 1.82) is 0 Å². The Balaban J connectivity index is 2.30. The van der Waals surface area contributed by atoms with Crippen molar-refractivity contribution in [1.82, 2.24) is 15.2 Å². The number of rotatable bonds is 2. The average Bonchev–Trinajstić information content (AvgIpc) is 2.37. The number of aromatic nitrogens is 1. The van der Waals surface area contributed by atoms with Crippen molar-refractivity contribution in [3.05, 3.63) is 29.8 Å². The minimum atomic E-state index is -0.785. The van der Waals surface area contributed by atoms with Crippen molar-refractivity contribution < 1.29 is 18.8 Å². The first-order chi connectivity index (χ1) is 9.02. The number of nitrogens with zero attached hydrogens (tertiary/aromatic N) is 2. The number of nitrogens with one attached hydrogen (secondary N) is 1. The number of pyridine rings is 1. The first kappa shape index (κ1) is 13.1. The van der Waals surface area contributed by atoms with Crippen molar-refractivity contribution >= 4 is 17.7 Å². The zero-order valence-corrected chi connectivity index (χ0v) is 10.2. The number of hydrogen-bond acceptors (Lipinski definition) is 4. The van der Waals surface area contributed by atoms with Crippen LogP contribution < -0.4 is 5.32 Å². The van der Waals surface area contributed by atoms with E-state index in [4.69, 9.17) is 0 Å². The normalized spacial score (nSPS) is 19.3. The van der Waals surface area contributed by atoms with Gasteiger partial charge in [0.05, 0.1) is 0 Å². The van der Waals surface area contributed by atoms with Gasteiger partial charge in [-0.05, 0) is 18.6 Å². The number of amides is 3. The minimum Gasteiger partial charge on any atom is -0.316 e. The Hall–Kier alpha value is -2.31. The van der Waals surface area contributed by atoms with Crippen molar-refractivity contribution in [3.8, 4) is 0 Å². The molecule has 0 saturated carbocycles. The minimum absolute atomic E-state index is 0.124. The fourth-order valence-corrected chi connectivity index (χ4v) is 1.96. The summed E-state index contributed by atoms with van der Waals surface area (Å²) in [6.45, 7) is 1.49. The first-order valence-corrected chi connectivity index (χ1v) is 5.80. The highest BCUT2D eigenvalue weighted by atomic mass is 19.1. The van der Waals surface area contributed by atoms with E-state index in [0.717, 1.165) is 11.0 Å². The van der Waals surface area contributed by atoms with Gasteiger partial charge in [-0.1, -0.05) is 13.0 Å². The Morgan fingerprint density at radius 3 is 2.89 bits per heavy atom. The average molecular weight is 265 g/mol. The fraction of sp³-hybridized carbons (Fsp3) is 0.333. The lowest BCUT2D eigenvalue weighted by Crippen LogP contribution is -2.59. The molecule has 2 rings (SSSR count). The largest absolute Gasteiger partial charge is 0.316 e. The van der Waals surface area contributed by atoms with Crippen molar-refractivity contribution in [2.45, 2.75) is 19.4 Å². The Morgan fingerprint density at radius 2 is 2.26 bits per heavy atom. The van der Waals surface area contributed by atoms with E-state index in [1.165, 1.54) is 12.1 Å². The topological polar surface area (TPSA) is 79.4 Å². The van der Waals surface area contributed by atoms with Gasteiger partial charge in [0.25, 0.3) is 5.91 Å². The fourth-order valence-electron chi connectivity index (χ4n) is 1.96. The Labute approximate surface area is 108 Å². The molecule has 1 atom stereocenters. The molecular formula is C12H12FN3O3. The molecule has 6 nitrogen and oxygen atoms in total. The van der Waals surface area contributed by atoms with E-state index in [1.54, 1.807) is 6.92 Å². The van der Waals surface area contributed by atoms with Crippen LogP contribution in [0.5, 0.6) is 0 Å². The van der Waals surface area contributed by atoms with Crippen LogP contribution in [0, 0.1) is 5.95 Å². The molecule has 0 bridgehead atoms. The SMILES string of the molecule is CCC1C(=O)NC(=O)CN1C(=O)c1cccc(F)n1. The summed E-state index contributed by atoms with van der Waals surface area (Å²) in [6, 6.07) is 3.06. The molecule has 1 fully saturated rings. The lowest BCUT2D eigenvalue weighted by Gasteiger charge is -2.33. The summed E-state index contributed by atoms with van der Waals surface area (Å²) in [7, 11) is 0. The summed E-state index contributed by atoms with van der Waals surface area (Å²) < 4.78 is 13.0. The molecule has 1 aliphatic rings. The van der Waals surface area contributed by atoms with Gasteiger partial charge in [-0.2, -0.15) is 4.39 Å². The van der Waals surface area contributed by atoms with Gasteiger partial charge in [0.2, 0.25) is 17.8 Å². The molecule has 7 heteroatoms. The van der Waals surface area contributed by atoms with Gasteiger partial charge in [0.1, 0.15) is 18.3 Å². The number of hydrogen-bond donors (Lipinski definition) is 1. The third kappa shape index (κ3) is 2.59. The number of imide groups is 1. The zero-order chi connectivity index (χ0) is 14.0. The third-order valence-corrected chi connectivity index (χ3v) is 2.84. The lowest BCUT2D eigenvalue weighted by atomic mass is 10.1. The van der Waals surface area contributed by atoms with Gasteiger partial charge >= 0.3 is 0 Å². The predicted octanol–water partition coefficient (Wildman–Crippen LogP) is 0.0979. The highest BCUT2D eigenvalue weighted by Gasteiger charge is 2.36. The molecule has 100 valence electrons. The van der Waals surface area contributed by atoms with Crippen LogP contribution in [0.1, 0.15) is 23.8 Å². The van der Waals surface area contributed by atoms with Crippen LogP contribution in [-0.2, 0) is 9.59 Å². The Kier molecular flexibility index (Phi) is 3.55.